The summed E-state index contributed by atoms with van der Waals surface area (Å²) in [5, 5.41) is 9.38. The number of carbonyl (C=O) groups is 1. The molecule has 0 radical (unpaired) electrons. The van der Waals surface area contributed by atoms with Crippen LogP contribution in [0, 0.1) is 12.7 Å². The summed E-state index contributed by atoms with van der Waals surface area (Å²) in [6, 6.07) is 4.65. The van der Waals surface area contributed by atoms with Crippen molar-refractivity contribution in [3.63, 3.8) is 0 Å². The highest BCUT2D eigenvalue weighted by Gasteiger charge is 2.13. The van der Waals surface area contributed by atoms with Gasteiger partial charge in [-0.15, -0.1) is 0 Å². The van der Waals surface area contributed by atoms with Gasteiger partial charge in [0.1, 0.15) is 5.82 Å². The fraction of sp³-hybridized carbons (Fsp3) is 0.182. The Kier molecular flexibility index (Phi) is 2.19. The zero-order chi connectivity index (χ0) is 11.0. The lowest BCUT2D eigenvalue weighted by atomic mass is 10.1. The molecule has 0 unspecified atom stereocenters. The number of rotatable bonds is 2. The van der Waals surface area contributed by atoms with Crippen LogP contribution in [0.2, 0.25) is 0 Å². The monoisotopic (exact) mass is 207 g/mol. The number of aryl methyl sites for hydroxylation is 1. The second-order valence-electron chi connectivity index (χ2n) is 3.46. The molecule has 3 nitrogen and oxygen atoms in total. The number of aromatic amines is 1. The molecule has 0 aliphatic rings. The van der Waals surface area contributed by atoms with Gasteiger partial charge < -0.3 is 10.1 Å². The van der Waals surface area contributed by atoms with E-state index in [0.29, 0.717) is 22.2 Å². The predicted molar refractivity (Wildman–Crippen MR) is 54.3 cm³/mol. The fourth-order valence-corrected chi connectivity index (χ4v) is 1.75. The summed E-state index contributed by atoms with van der Waals surface area (Å²) in [4.78, 5) is 13.5. The third kappa shape index (κ3) is 1.58. The molecule has 0 saturated heterocycles. The SMILES string of the molecule is Cc1[nH]c2c(F)cccc2c1CC(=O)O. The van der Waals surface area contributed by atoms with Gasteiger partial charge in [0, 0.05) is 11.1 Å². The van der Waals surface area contributed by atoms with Crippen LogP contribution in [0.3, 0.4) is 0 Å². The van der Waals surface area contributed by atoms with Gasteiger partial charge >= 0.3 is 5.97 Å². The van der Waals surface area contributed by atoms with Crippen molar-refractivity contribution >= 4 is 16.9 Å². The molecule has 2 N–H and O–H groups in total. The molecule has 0 spiro atoms. The summed E-state index contributed by atoms with van der Waals surface area (Å²) in [6.07, 6.45) is -0.0880. The van der Waals surface area contributed by atoms with Crippen molar-refractivity contribution in [1.82, 2.24) is 4.98 Å². The second-order valence-corrected chi connectivity index (χ2v) is 3.46. The van der Waals surface area contributed by atoms with Gasteiger partial charge in [-0.3, -0.25) is 4.79 Å². The van der Waals surface area contributed by atoms with Crippen LogP contribution in [0.4, 0.5) is 4.39 Å². The summed E-state index contributed by atoms with van der Waals surface area (Å²) in [5.74, 6) is -1.27. The summed E-state index contributed by atoms with van der Waals surface area (Å²) in [5.41, 5.74) is 1.74. The van der Waals surface area contributed by atoms with Crippen molar-refractivity contribution in [2.24, 2.45) is 0 Å². The van der Waals surface area contributed by atoms with Crippen LogP contribution in [-0.2, 0) is 11.2 Å². The lowest BCUT2D eigenvalue weighted by molar-refractivity contribution is -0.136. The number of nitrogens with one attached hydrogen (secondary N) is 1. The molecule has 0 amide bonds. The highest BCUT2D eigenvalue weighted by molar-refractivity contribution is 5.88. The third-order valence-corrected chi connectivity index (χ3v) is 2.43. The smallest absolute Gasteiger partial charge is 0.307 e. The minimum Gasteiger partial charge on any atom is -0.481 e. The summed E-state index contributed by atoms with van der Waals surface area (Å²) in [7, 11) is 0. The molecule has 0 aliphatic heterocycles. The lowest BCUT2D eigenvalue weighted by Gasteiger charge is -1.96. The summed E-state index contributed by atoms with van der Waals surface area (Å²) in [6.45, 7) is 1.75. The molecule has 0 bridgehead atoms. The third-order valence-electron chi connectivity index (χ3n) is 2.43. The zero-order valence-corrected chi connectivity index (χ0v) is 8.17. The van der Waals surface area contributed by atoms with Crippen LogP contribution in [0.5, 0.6) is 0 Å². The second kappa shape index (κ2) is 3.38. The van der Waals surface area contributed by atoms with Gasteiger partial charge in [0.25, 0.3) is 0 Å². The largest absolute Gasteiger partial charge is 0.481 e. The van der Waals surface area contributed by atoms with E-state index in [0.717, 1.165) is 0 Å². The Morgan fingerprint density at radius 3 is 2.93 bits per heavy atom. The van der Waals surface area contributed by atoms with E-state index in [1.807, 2.05) is 0 Å². The van der Waals surface area contributed by atoms with Crippen molar-refractivity contribution < 1.29 is 14.3 Å². The topological polar surface area (TPSA) is 53.1 Å². The fourth-order valence-electron chi connectivity index (χ4n) is 1.75. The molecule has 15 heavy (non-hydrogen) atoms. The Balaban J connectivity index is 2.68. The molecule has 1 aromatic heterocycles. The van der Waals surface area contributed by atoms with Gasteiger partial charge in [-0.25, -0.2) is 4.39 Å². The quantitative estimate of drug-likeness (QED) is 0.793. The molecule has 78 valence electrons. The Morgan fingerprint density at radius 2 is 2.27 bits per heavy atom. The maximum Gasteiger partial charge on any atom is 0.307 e. The number of hydrogen-bond donors (Lipinski definition) is 2. The van der Waals surface area contributed by atoms with E-state index in [1.165, 1.54) is 6.07 Å². The van der Waals surface area contributed by atoms with Gasteiger partial charge in [-0.05, 0) is 18.6 Å². The normalized spacial score (nSPS) is 10.8. The van der Waals surface area contributed by atoms with Crippen LogP contribution in [0.25, 0.3) is 10.9 Å². The molecule has 2 aromatic rings. The number of fused-ring (bicyclic) bond motifs is 1. The average Bonchev–Trinajstić information content (AvgIpc) is 2.45. The predicted octanol–water partition coefficient (Wildman–Crippen LogP) is 2.24. The molecule has 2 rings (SSSR count). The highest BCUT2D eigenvalue weighted by atomic mass is 19.1. The van der Waals surface area contributed by atoms with Gasteiger partial charge in [-0.2, -0.15) is 0 Å². The van der Waals surface area contributed by atoms with Crippen LogP contribution >= 0.6 is 0 Å². The van der Waals surface area contributed by atoms with Crippen LogP contribution in [0.1, 0.15) is 11.3 Å². The number of carboxylic acid groups (broad SMARTS) is 1. The number of aromatic nitrogens is 1. The standard InChI is InChI=1S/C11H10FNO2/c1-6-8(5-10(14)15)7-3-2-4-9(12)11(7)13-6/h2-4,13H,5H2,1H3,(H,14,15). The van der Waals surface area contributed by atoms with E-state index in [2.05, 4.69) is 4.98 Å². The maximum absolute atomic E-state index is 13.3. The van der Waals surface area contributed by atoms with Crippen LogP contribution < -0.4 is 0 Å². The first-order valence-electron chi connectivity index (χ1n) is 4.57. The van der Waals surface area contributed by atoms with E-state index >= 15 is 0 Å². The summed E-state index contributed by atoms with van der Waals surface area (Å²) >= 11 is 0. The number of para-hydroxylation sites is 1. The number of carboxylic acids is 1. The highest BCUT2D eigenvalue weighted by Crippen LogP contribution is 2.24. The summed E-state index contributed by atoms with van der Waals surface area (Å²) < 4.78 is 13.3. The van der Waals surface area contributed by atoms with E-state index in [-0.39, 0.29) is 12.2 Å². The molecule has 4 heteroatoms. The van der Waals surface area contributed by atoms with Gasteiger partial charge in [0.05, 0.1) is 11.9 Å². The zero-order valence-electron chi connectivity index (χ0n) is 8.17. The molecule has 1 heterocycles. The van der Waals surface area contributed by atoms with Crippen molar-refractivity contribution in [2.45, 2.75) is 13.3 Å². The first-order chi connectivity index (χ1) is 7.09. The first kappa shape index (κ1) is 9.71. The van der Waals surface area contributed by atoms with E-state index in [4.69, 9.17) is 5.11 Å². The molecule has 0 aliphatic carbocycles. The van der Waals surface area contributed by atoms with Gasteiger partial charge in [-0.1, -0.05) is 12.1 Å². The molecule has 1 aromatic carbocycles. The number of aliphatic carboxylic acids is 1. The van der Waals surface area contributed by atoms with Crippen molar-refractivity contribution in [3.05, 3.63) is 35.3 Å². The van der Waals surface area contributed by atoms with Crippen molar-refractivity contribution in [2.75, 3.05) is 0 Å². The Hall–Kier alpha value is -1.84. The number of hydrogen-bond acceptors (Lipinski definition) is 1. The minimum atomic E-state index is -0.914. The number of halogens is 1. The van der Waals surface area contributed by atoms with Gasteiger partial charge in [0.2, 0.25) is 0 Å². The van der Waals surface area contributed by atoms with Gasteiger partial charge in [0.15, 0.2) is 0 Å². The molecular weight excluding hydrogens is 197 g/mol. The van der Waals surface area contributed by atoms with E-state index in [1.54, 1.807) is 19.1 Å². The number of benzene rings is 1. The molecular formula is C11H10FNO2. The Bertz CT molecular complexity index is 531. The first-order valence-corrected chi connectivity index (χ1v) is 4.57. The maximum atomic E-state index is 13.3. The van der Waals surface area contributed by atoms with Crippen LogP contribution in [0.15, 0.2) is 18.2 Å². The Morgan fingerprint density at radius 1 is 1.53 bits per heavy atom. The van der Waals surface area contributed by atoms with Crippen molar-refractivity contribution in [1.29, 1.82) is 0 Å². The Labute approximate surface area is 85.5 Å². The molecule has 0 fully saturated rings. The van der Waals surface area contributed by atoms with E-state index < -0.39 is 5.97 Å². The lowest BCUT2D eigenvalue weighted by Crippen LogP contribution is -2.00. The van der Waals surface area contributed by atoms with E-state index in [9.17, 15) is 9.18 Å². The van der Waals surface area contributed by atoms with Crippen molar-refractivity contribution in [3.8, 4) is 0 Å². The van der Waals surface area contributed by atoms with Crippen LogP contribution in [-0.4, -0.2) is 16.1 Å². The molecule has 0 saturated carbocycles. The average molecular weight is 207 g/mol. The number of H-pyrrole nitrogens is 1. The minimum absolute atomic E-state index is 0.0880. The molecule has 0 atom stereocenters.